The lowest BCUT2D eigenvalue weighted by atomic mass is 9.98. The zero-order valence-corrected chi connectivity index (χ0v) is 11.3. The third-order valence-electron chi connectivity index (χ3n) is 4.13. The van der Waals surface area contributed by atoms with Gasteiger partial charge >= 0.3 is 6.03 Å². The second-order valence-corrected chi connectivity index (χ2v) is 5.34. The zero-order chi connectivity index (χ0) is 15.0. The number of imide groups is 1. The molecular formula is C13H16N4O4. The van der Waals surface area contributed by atoms with Gasteiger partial charge in [-0.15, -0.1) is 0 Å². The van der Waals surface area contributed by atoms with E-state index in [4.69, 9.17) is 10.3 Å². The number of carbonyl (C=O) groups excluding carboxylic acids is 3. The van der Waals surface area contributed by atoms with E-state index in [2.05, 4.69) is 5.32 Å². The molecule has 3 rings (SSSR count). The molecule has 1 aromatic heterocycles. The van der Waals surface area contributed by atoms with Crippen molar-refractivity contribution in [1.29, 1.82) is 0 Å². The predicted molar refractivity (Wildman–Crippen MR) is 70.6 cm³/mol. The van der Waals surface area contributed by atoms with Crippen molar-refractivity contribution in [2.45, 2.75) is 37.8 Å². The molecule has 2 fully saturated rings. The number of carbonyl (C=O) groups is 3. The Morgan fingerprint density at radius 2 is 2.14 bits per heavy atom. The van der Waals surface area contributed by atoms with Crippen molar-refractivity contribution in [2.24, 2.45) is 5.84 Å². The lowest BCUT2D eigenvalue weighted by molar-refractivity contribution is -0.131. The summed E-state index contributed by atoms with van der Waals surface area (Å²) in [6, 6.07) is 0.999. The number of nitrogen functional groups attached to an aromatic ring is 1. The summed E-state index contributed by atoms with van der Waals surface area (Å²) in [5, 5.41) is 2.77. The van der Waals surface area contributed by atoms with Crippen molar-refractivity contribution in [3.63, 3.8) is 0 Å². The first kappa shape index (κ1) is 13.6. The molecule has 21 heavy (non-hydrogen) atoms. The number of nitrogens with two attached hydrogens (primary N) is 1. The number of nitrogens with zero attached hydrogens (tertiary/aromatic N) is 1. The van der Waals surface area contributed by atoms with Crippen molar-refractivity contribution in [2.75, 3.05) is 0 Å². The fraction of sp³-hybridized carbons (Fsp3) is 0.462. The van der Waals surface area contributed by atoms with Gasteiger partial charge in [-0.05, 0) is 18.9 Å². The molecule has 1 aliphatic carbocycles. The summed E-state index contributed by atoms with van der Waals surface area (Å²) in [6.45, 7) is -0.0812. The summed E-state index contributed by atoms with van der Waals surface area (Å²) >= 11 is 0. The lowest BCUT2D eigenvalue weighted by Crippen LogP contribution is -2.44. The standard InChI is InChI=1S/C13H16N4O4/c14-16-10(18)8-3-6-21-9(8)7-17-11(19)13(15-12(17)20)4-1-2-5-13/h3,6H,1-2,4-5,7,14H2,(H,15,20)(H,16,18). The van der Waals surface area contributed by atoms with Gasteiger partial charge in [0.15, 0.2) is 0 Å². The minimum atomic E-state index is -0.764. The molecule has 0 aromatic carbocycles. The van der Waals surface area contributed by atoms with Gasteiger partial charge in [-0.3, -0.25) is 19.9 Å². The molecule has 8 nitrogen and oxygen atoms in total. The first-order chi connectivity index (χ1) is 10.1. The van der Waals surface area contributed by atoms with Crippen molar-refractivity contribution in [3.05, 3.63) is 23.7 Å². The van der Waals surface area contributed by atoms with Crippen LogP contribution in [0.5, 0.6) is 0 Å². The molecule has 0 atom stereocenters. The first-order valence-corrected chi connectivity index (χ1v) is 6.79. The molecule has 2 aliphatic rings. The number of furan rings is 1. The highest BCUT2D eigenvalue weighted by molar-refractivity contribution is 6.07. The van der Waals surface area contributed by atoms with Gasteiger partial charge in [0.2, 0.25) is 0 Å². The van der Waals surface area contributed by atoms with Crippen molar-refractivity contribution >= 4 is 17.8 Å². The van der Waals surface area contributed by atoms with Gasteiger partial charge in [-0.2, -0.15) is 0 Å². The van der Waals surface area contributed by atoms with Gasteiger partial charge in [0, 0.05) is 0 Å². The second-order valence-electron chi connectivity index (χ2n) is 5.34. The summed E-state index contributed by atoms with van der Waals surface area (Å²) in [5.41, 5.74) is 1.45. The maximum Gasteiger partial charge on any atom is 0.325 e. The van der Waals surface area contributed by atoms with E-state index in [-0.39, 0.29) is 23.8 Å². The number of hydrazine groups is 1. The molecule has 8 heteroatoms. The van der Waals surface area contributed by atoms with E-state index in [0.29, 0.717) is 12.8 Å². The first-order valence-electron chi connectivity index (χ1n) is 6.79. The molecule has 0 unspecified atom stereocenters. The summed E-state index contributed by atoms with van der Waals surface area (Å²) in [6.07, 6.45) is 4.47. The van der Waals surface area contributed by atoms with Crippen LogP contribution in [0.4, 0.5) is 4.79 Å². The Hall–Kier alpha value is -2.35. The molecule has 112 valence electrons. The highest BCUT2D eigenvalue weighted by Gasteiger charge is 2.52. The minimum Gasteiger partial charge on any atom is -0.467 e. The van der Waals surface area contributed by atoms with Crippen LogP contribution in [0, 0.1) is 0 Å². The van der Waals surface area contributed by atoms with Gasteiger partial charge in [0.1, 0.15) is 11.3 Å². The molecule has 0 radical (unpaired) electrons. The molecule has 2 heterocycles. The number of hydrogen-bond donors (Lipinski definition) is 3. The SMILES string of the molecule is NNC(=O)c1ccoc1CN1C(=O)NC2(CCCC2)C1=O. The Bertz CT molecular complexity index is 603. The van der Waals surface area contributed by atoms with Gasteiger partial charge in [0.05, 0.1) is 18.4 Å². The summed E-state index contributed by atoms with van der Waals surface area (Å²) in [7, 11) is 0. The van der Waals surface area contributed by atoms with E-state index in [9.17, 15) is 14.4 Å². The largest absolute Gasteiger partial charge is 0.467 e. The van der Waals surface area contributed by atoms with E-state index in [1.54, 1.807) is 0 Å². The average Bonchev–Trinajstić information content (AvgIpc) is 3.16. The topological polar surface area (TPSA) is 118 Å². The predicted octanol–water partition coefficient (Wildman–Crippen LogP) is 0.248. The molecule has 1 aliphatic heterocycles. The summed E-state index contributed by atoms with van der Waals surface area (Å²) in [4.78, 5) is 37.2. The van der Waals surface area contributed by atoms with Crippen LogP contribution in [0.15, 0.2) is 16.7 Å². The van der Waals surface area contributed by atoms with Gasteiger partial charge in [0.25, 0.3) is 11.8 Å². The smallest absolute Gasteiger partial charge is 0.325 e. The van der Waals surface area contributed by atoms with Crippen LogP contribution in [0.1, 0.15) is 41.8 Å². The van der Waals surface area contributed by atoms with Crippen LogP contribution in [0.2, 0.25) is 0 Å². The number of urea groups is 1. The zero-order valence-electron chi connectivity index (χ0n) is 11.3. The molecule has 1 aromatic rings. The highest BCUT2D eigenvalue weighted by atomic mass is 16.3. The fourth-order valence-corrected chi connectivity index (χ4v) is 3.02. The second kappa shape index (κ2) is 4.88. The van der Waals surface area contributed by atoms with Gasteiger partial charge in [-0.25, -0.2) is 10.6 Å². The molecule has 4 amide bonds. The van der Waals surface area contributed by atoms with E-state index in [1.165, 1.54) is 12.3 Å². The molecule has 0 bridgehead atoms. The van der Waals surface area contributed by atoms with Crippen LogP contribution in [-0.2, 0) is 11.3 Å². The number of nitrogens with one attached hydrogen (secondary N) is 2. The monoisotopic (exact) mass is 292 g/mol. The third-order valence-corrected chi connectivity index (χ3v) is 4.13. The number of rotatable bonds is 3. The lowest BCUT2D eigenvalue weighted by Gasteiger charge is -2.19. The Morgan fingerprint density at radius 3 is 2.81 bits per heavy atom. The van der Waals surface area contributed by atoms with Crippen LogP contribution in [0.25, 0.3) is 0 Å². The molecule has 1 saturated carbocycles. The summed E-state index contributed by atoms with van der Waals surface area (Å²) in [5.74, 6) is 4.55. The van der Waals surface area contributed by atoms with Crippen molar-refractivity contribution in [1.82, 2.24) is 15.6 Å². The average molecular weight is 292 g/mol. The molecule has 1 saturated heterocycles. The Morgan fingerprint density at radius 1 is 1.43 bits per heavy atom. The Kier molecular flexibility index (Phi) is 3.17. The van der Waals surface area contributed by atoms with Crippen LogP contribution in [0.3, 0.4) is 0 Å². The van der Waals surface area contributed by atoms with Gasteiger partial charge < -0.3 is 9.73 Å². The molecule has 4 N–H and O–H groups in total. The quantitative estimate of drug-likeness (QED) is 0.319. The Labute approximate surface area is 120 Å². The fourth-order valence-electron chi connectivity index (χ4n) is 3.02. The van der Waals surface area contributed by atoms with E-state index in [1.807, 2.05) is 5.43 Å². The van der Waals surface area contributed by atoms with Crippen molar-refractivity contribution in [3.8, 4) is 0 Å². The van der Waals surface area contributed by atoms with Crippen LogP contribution >= 0.6 is 0 Å². The molecular weight excluding hydrogens is 276 g/mol. The van der Waals surface area contributed by atoms with Crippen LogP contribution in [-0.4, -0.2) is 28.3 Å². The minimum absolute atomic E-state index is 0.0812. The Balaban J connectivity index is 1.82. The summed E-state index contributed by atoms with van der Waals surface area (Å²) < 4.78 is 5.21. The van der Waals surface area contributed by atoms with Crippen LogP contribution < -0.4 is 16.6 Å². The highest BCUT2D eigenvalue weighted by Crippen LogP contribution is 2.35. The van der Waals surface area contributed by atoms with E-state index < -0.39 is 17.5 Å². The number of hydrogen-bond acceptors (Lipinski definition) is 5. The van der Waals surface area contributed by atoms with Gasteiger partial charge in [-0.1, -0.05) is 12.8 Å². The third kappa shape index (κ3) is 2.07. The van der Waals surface area contributed by atoms with E-state index in [0.717, 1.165) is 17.7 Å². The molecule has 1 spiro atoms. The van der Waals surface area contributed by atoms with E-state index >= 15 is 0 Å². The number of amides is 4. The maximum atomic E-state index is 12.5. The normalized spacial score (nSPS) is 20.1. The van der Waals surface area contributed by atoms with Crippen molar-refractivity contribution < 1.29 is 18.8 Å². The maximum absolute atomic E-state index is 12.5.